The predicted molar refractivity (Wildman–Crippen MR) is 356 cm³/mol. The molecule has 7 rings (SSSR count). The van der Waals surface area contributed by atoms with Crippen LogP contribution < -0.4 is 14.2 Å². The number of amides is 1. The van der Waals surface area contributed by atoms with Crippen LogP contribution in [0.4, 0.5) is 31.4 Å². The molecular weight excluding hydrogens is 1310 g/mol. The number of fused-ring (bicyclic) bond motifs is 3. The van der Waals surface area contributed by atoms with Crippen LogP contribution in [0.25, 0.3) is 0 Å². The zero-order valence-electron chi connectivity index (χ0n) is 57.4. The maximum absolute atomic E-state index is 15.2. The summed E-state index contributed by atoms with van der Waals surface area (Å²) >= 11 is 0. The lowest BCUT2D eigenvalue weighted by Crippen LogP contribution is -2.58. The van der Waals surface area contributed by atoms with Crippen LogP contribution in [0.5, 0.6) is 17.2 Å². The van der Waals surface area contributed by atoms with Crippen molar-refractivity contribution in [3.8, 4) is 17.2 Å². The normalized spacial score (nSPS) is 29.8. The molecule has 100 heavy (non-hydrogen) atoms. The Labute approximate surface area is 578 Å². The fourth-order valence-electron chi connectivity index (χ4n) is 13.1. The molecule has 0 radical (unpaired) electrons. The summed E-state index contributed by atoms with van der Waals surface area (Å²) in [7, 11) is 4.20. The highest BCUT2D eigenvalue weighted by atomic mass is 16.7. The van der Waals surface area contributed by atoms with E-state index in [0.717, 1.165) is 34.7 Å². The zero-order valence-corrected chi connectivity index (χ0v) is 57.4. The summed E-state index contributed by atoms with van der Waals surface area (Å²) in [5, 5.41) is 46.3. The quantitative estimate of drug-likeness (QED) is 0.0281. The number of rotatable bonds is 15. The number of nitro benzene ring substituents is 3. The van der Waals surface area contributed by atoms with E-state index in [-0.39, 0.29) is 110 Å². The molecule has 542 valence electrons. The van der Waals surface area contributed by atoms with Crippen LogP contribution in [0.1, 0.15) is 125 Å². The number of aliphatic hydroxyl groups is 1. The molecular formula is C71H88N4O25. The van der Waals surface area contributed by atoms with Gasteiger partial charge in [0.15, 0.2) is 18.0 Å². The van der Waals surface area contributed by atoms with Crippen LogP contribution in [0.2, 0.25) is 0 Å². The smallest absolute Gasteiger partial charge is 0.460 e. The minimum Gasteiger partial charge on any atom is -0.460 e. The number of allylic oxidation sites excluding steroid dienone is 5. The summed E-state index contributed by atoms with van der Waals surface area (Å²) in [6.45, 7) is 10.3. The van der Waals surface area contributed by atoms with Crippen molar-refractivity contribution in [1.29, 1.82) is 0 Å². The number of carbonyl (C=O) groups excluding carboxylic acids is 7. The number of non-ortho nitro benzene ring substituents is 3. The van der Waals surface area contributed by atoms with E-state index in [4.69, 9.17) is 52.1 Å². The third-order valence-electron chi connectivity index (χ3n) is 18.5. The van der Waals surface area contributed by atoms with Gasteiger partial charge in [-0.2, -0.15) is 0 Å². The number of benzene rings is 3. The lowest BCUT2D eigenvalue weighted by Gasteiger charge is -2.40. The number of piperidine rings is 1. The molecule has 1 aliphatic carbocycles. The largest absolute Gasteiger partial charge is 0.514 e. The first-order valence-electron chi connectivity index (χ1n) is 33.3. The summed E-state index contributed by atoms with van der Waals surface area (Å²) in [6, 6.07) is 12.6. The van der Waals surface area contributed by atoms with Gasteiger partial charge in [0.1, 0.15) is 41.6 Å². The highest BCUT2D eigenvalue weighted by molar-refractivity contribution is 6.39. The van der Waals surface area contributed by atoms with E-state index in [0.29, 0.717) is 32.1 Å². The standard InChI is InChI=1S/C71H88N4O25/c1-42-16-11-10-12-17-43(2)58(90-7)40-55-18-15-34-71(83,100-55)65(77)66(78)72-35-14-13-19-56(72)67(79)96-59(45(4)38-48-20-33-57(61(39-48)91-8)97-68(80)93-52-27-21-49(22-28-52)73(84)85)41-60(98-69(81)94-53-29-23-50(24-30-53)74(86)87)44(3)37-47(6)63(64(92-9)62(76)46(5)36-42)99-70(82)95-54-31-25-51(26-32-54)75(88)89/h10-12,16-17,21-32,37,42,44-46,48,55-61,63-64,83H,13-15,18-20,33-36,38-41H2,1-9H3/b12-10+,16-11+,43-17+,47-37+/t42-,44-,45-,46-,48+,55+,56+,57-,58+,59+,60-,61-,63-,64+,71-/m1/s1. The number of nitro groups is 3. The molecule has 3 fully saturated rings. The molecule has 0 aromatic heterocycles. The fourth-order valence-corrected chi connectivity index (χ4v) is 13.1. The minimum absolute atomic E-state index is 0.00250. The van der Waals surface area contributed by atoms with Gasteiger partial charge in [-0.15, -0.1) is 0 Å². The molecule has 1 amide bonds. The molecule has 3 aromatic carbocycles. The van der Waals surface area contributed by atoms with Gasteiger partial charge in [-0.05, 0) is 143 Å². The third kappa shape index (κ3) is 21.9. The second-order valence-corrected chi connectivity index (χ2v) is 25.9. The van der Waals surface area contributed by atoms with Crippen LogP contribution in [-0.4, -0.2) is 155 Å². The molecule has 3 aliphatic heterocycles. The maximum Gasteiger partial charge on any atom is 0.514 e. The van der Waals surface area contributed by atoms with Crippen LogP contribution in [0.3, 0.4) is 0 Å². The van der Waals surface area contributed by atoms with Crippen molar-refractivity contribution < 1.29 is 106 Å². The molecule has 0 spiro atoms. The number of ether oxygens (including phenoxy) is 11. The Hall–Kier alpha value is -9.29. The van der Waals surface area contributed by atoms with E-state index in [9.17, 15) is 64.2 Å². The molecule has 1 N–H and O–H groups in total. The molecule has 2 bridgehead atoms. The molecule has 29 heteroatoms. The first-order chi connectivity index (χ1) is 47.6. The van der Waals surface area contributed by atoms with Crippen LogP contribution >= 0.6 is 0 Å². The number of nitrogens with zero attached hydrogens (tertiary/aromatic N) is 4. The summed E-state index contributed by atoms with van der Waals surface area (Å²) in [4.78, 5) is 134. The van der Waals surface area contributed by atoms with E-state index in [1.54, 1.807) is 32.9 Å². The van der Waals surface area contributed by atoms with Crippen molar-refractivity contribution in [2.45, 2.75) is 186 Å². The van der Waals surface area contributed by atoms with Crippen molar-refractivity contribution in [1.82, 2.24) is 4.90 Å². The van der Waals surface area contributed by atoms with Crippen molar-refractivity contribution in [2.24, 2.45) is 29.6 Å². The van der Waals surface area contributed by atoms with Gasteiger partial charge in [-0.3, -0.25) is 44.7 Å². The summed E-state index contributed by atoms with van der Waals surface area (Å²) < 4.78 is 64.6. The van der Waals surface area contributed by atoms with E-state index in [2.05, 4.69) is 0 Å². The lowest BCUT2D eigenvalue weighted by atomic mass is 9.78. The highest BCUT2D eigenvalue weighted by Crippen LogP contribution is 2.38. The van der Waals surface area contributed by atoms with Gasteiger partial charge in [0.05, 0.1) is 33.1 Å². The number of ketones is 2. The van der Waals surface area contributed by atoms with Crippen molar-refractivity contribution in [3.63, 3.8) is 0 Å². The molecule has 15 atom stereocenters. The molecule has 29 nitrogen and oxygen atoms in total. The molecule has 4 aliphatic rings. The topological polar surface area (TPSA) is 374 Å². The summed E-state index contributed by atoms with van der Waals surface area (Å²) in [5.74, 6) is -9.62. The predicted octanol–water partition coefficient (Wildman–Crippen LogP) is 12.1. The van der Waals surface area contributed by atoms with Gasteiger partial charge >= 0.3 is 24.4 Å². The zero-order chi connectivity index (χ0) is 73.0. The van der Waals surface area contributed by atoms with E-state index in [1.165, 1.54) is 82.9 Å². The van der Waals surface area contributed by atoms with Crippen molar-refractivity contribution in [2.75, 3.05) is 27.9 Å². The van der Waals surface area contributed by atoms with E-state index < -0.39 is 135 Å². The maximum atomic E-state index is 15.2. The summed E-state index contributed by atoms with van der Waals surface area (Å²) in [6.07, 6.45) is 1.11. The highest BCUT2D eigenvalue weighted by Gasteiger charge is 2.50. The fraction of sp³-hybridized carbons (Fsp3) is 0.535. The number of carbonyl (C=O) groups is 7. The van der Waals surface area contributed by atoms with Crippen molar-refractivity contribution in [3.05, 3.63) is 151 Å². The Balaban J connectivity index is 1.29. The van der Waals surface area contributed by atoms with Gasteiger partial charge < -0.3 is 62.1 Å². The third-order valence-corrected chi connectivity index (χ3v) is 18.5. The lowest BCUT2D eigenvalue weighted by molar-refractivity contribution is -0.385. The van der Waals surface area contributed by atoms with Crippen molar-refractivity contribution >= 4 is 59.0 Å². The first-order valence-corrected chi connectivity index (χ1v) is 33.3. The number of cyclic esters (lactones) is 1. The van der Waals surface area contributed by atoms with E-state index >= 15 is 4.79 Å². The number of hydrogen-bond donors (Lipinski definition) is 1. The number of methoxy groups -OCH3 is 3. The van der Waals surface area contributed by atoms with Crippen LogP contribution in [0.15, 0.2) is 120 Å². The molecule has 3 heterocycles. The average molecular weight is 1400 g/mol. The number of esters is 1. The van der Waals surface area contributed by atoms with E-state index in [1.807, 2.05) is 32.1 Å². The first kappa shape index (κ1) is 78.1. The van der Waals surface area contributed by atoms with Crippen LogP contribution in [-0.2, 0) is 57.1 Å². The summed E-state index contributed by atoms with van der Waals surface area (Å²) in [5.41, 5.74) is 0.108. The number of hydrogen-bond acceptors (Lipinski definition) is 25. The Bertz CT molecular complexity index is 3500. The number of Topliss-reactive ketones (excluding diaryl/α,β-unsaturated/α-hetero) is 2. The SMILES string of the molecule is CO[C@H]1C[C@@H]2CCC[C@@](O)(O2)C(=O)C(=O)N2CCCC[C@H]2C(=O)O[C@H]([C@H](C)C[C@@H]2CC[C@@H](OC(=O)Oc3ccc([N+](=O)[O-])cc3)[C@H](OC)C2)C[C@@H](OC(=O)Oc2ccc([N+](=O)[O-])cc2)[C@H](C)/C=C(\C)[C@@H](OC(=O)Oc2ccc([N+](=O)[O-])cc2)[C@@H](OC)C(=O)[C@H](C)C[C@H](C)/C=C/C=C/C=C/1C. The molecule has 3 aromatic rings. The molecule has 2 saturated heterocycles. The molecule has 0 unspecified atom stereocenters. The van der Waals surface area contributed by atoms with Crippen LogP contribution in [0, 0.1) is 59.9 Å². The minimum atomic E-state index is -2.56. The Morgan fingerprint density at radius 2 is 1.19 bits per heavy atom. The van der Waals surface area contributed by atoms with Gasteiger partial charge in [0.25, 0.3) is 28.8 Å². The van der Waals surface area contributed by atoms with Gasteiger partial charge in [-0.1, -0.05) is 64.2 Å². The monoisotopic (exact) mass is 1400 g/mol. The molecule has 1 saturated carbocycles. The Morgan fingerprint density at radius 1 is 0.630 bits per heavy atom. The van der Waals surface area contributed by atoms with Gasteiger partial charge in [-0.25, -0.2) is 19.2 Å². The Kier molecular flexibility index (Phi) is 28.6. The Morgan fingerprint density at radius 3 is 1.73 bits per heavy atom. The second-order valence-electron chi connectivity index (χ2n) is 25.9. The van der Waals surface area contributed by atoms with Gasteiger partial charge in [0.2, 0.25) is 5.79 Å². The second kappa shape index (κ2) is 36.7. The van der Waals surface area contributed by atoms with Gasteiger partial charge in [0, 0.05) is 95.4 Å². The average Bonchev–Trinajstić information content (AvgIpc) is 0.788.